The van der Waals surface area contributed by atoms with Gasteiger partial charge in [0.1, 0.15) is 5.75 Å². The third-order valence-corrected chi connectivity index (χ3v) is 3.05. The number of hydrogen-bond acceptors (Lipinski definition) is 2. The van der Waals surface area contributed by atoms with E-state index in [4.69, 9.17) is 4.74 Å². The third-order valence-electron chi connectivity index (χ3n) is 3.05. The van der Waals surface area contributed by atoms with Crippen molar-refractivity contribution in [2.45, 2.75) is 13.5 Å². The van der Waals surface area contributed by atoms with E-state index in [2.05, 4.69) is 42.6 Å². The quantitative estimate of drug-likeness (QED) is 0.886. The molecule has 2 heteroatoms. The van der Waals surface area contributed by atoms with Crippen molar-refractivity contribution in [2.24, 2.45) is 0 Å². The van der Waals surface area contributed by atoms with Crippen LogP contribution in [0.4, 0.5) is 0 Å². The van der Waals surface area contributed by atoms with Crippen molar-refractivity contribution in [3.8, 4) is 16.9 Å². The molecule has 0 spiro atoms. The van der Waals surface area contributed by atoms with Crippen LogP contribution in [0.1, 0.15) is 11.1 Å². The zero-order valence-corrected chi connectivity index (χ0v) is 11.2. The zero-order chi connectivity index (χ0) is 13.0. The number of rotatable bonds is 4. The lowest BCUT2D eigenvalue weighted by molar-refractivity contribution is 0.415. The third kappa shape index (κ3) is 2.71. The Morgan fingerprint density at radius 3 is 2.61 bits per heavy atom. The molecule has 0 fully saturated rings. The monoisotopic (exact) mass is 241 g/mol. The molecule has 18 heavy (non-hydrogen) atoms. The van der Waals surface area contributed by atoms with Crippen molar-refractivity contribution in [3.63, 3.8) is 0 Å². The average Bonchev–Trinajstić information content (AvgIpc) is 2.39. The van der Waals surface area contributed by atoms with Gasteiger partial charge >= 0.3 is 0 Å². The van der Waals surface area contributed by atoms with E-state index in [0.717, 1.165) is 12.3 Å². The summed E-state index contributed by atoms with van der Waals surface area (Å²) in [4.78, 5) is 0. The molecule has 0 radical (unpaired) electrons. The first kappa shape index (κ1) is 12.7. The van der Waals surface area contributed by atoms with Crippen LogP contribution in [-0.2, 0) is 6.54 Å². The minimum Gasteiger partial charge on any atom is -0.497 e. The van der Waals surface area contributed by atoms with Crippen LogP contribution in [0.3, 0.4) is 0 Å². The SMILES string of the molecule is CNCc1ccc(-c2cccc(OC)c2)c(C)c1. The van der Waals surface area contributed by atoms with Gasteiger partial charge in [0.2, 0.25) is 0 Å². The van der Waals surface area contributed by atoms with E-state index in [9.17, 15) is 0 Å². The standard InChI is InChI=1S/C16H19NO/c1-12-9-13(11-17-2)7-8-16(12)14-5-4-6-15(10-14)18-3/h4-10,17H,11H2,1-3H3. The molecule has 0 saturated carbocycles. The second-order valence-electron chi connectivity index (χ2n) is 4.41. The van der Waals surface area contributed by atoms with Gasteiger partial charge in [0.25, 0.3) is 0 Å². The van der Waals surface area contributed by atoms with Gasteiger partial charge in [-0.1, -0.05) is 30.3 Å². The van der Waals surface area contributed by atoms with Crippen molar-refractivity contribution in [3.05, 3.63) is 53.6 Å². The number of hydrogen-bond donors (Lipinski definition) is 1. The largest absolute Gasteiger partial charge is 0.497 e. The minimum atomic E-state index is 0.895. The summed E-state index contributed by atoms with van der Waals surface area (Å²) in [5.41, 5.74) is 5.05. The maximum Gasteiger partial charge on any atom is 0.119 e. The van der Waals surface area contributed by atoms with E-state index in [0.29, 0.717) is 0 Å². The van der Waals surface area contributed by atoms with Crippen molar-refractivity contribution in [1.82, 2.24) is 5.32 Å². The Kier molecular flexibility index (Phi) is 4.00. The van der Waals surface area contributed by atoms with Gasteiger partial charge in [0.05, 0.1) is 7.11 Å². The molecule has 0 atom stereocenters. The van der Waals surface area contributed by atoms with Crippen LogP contribution in [0.2, 0.25) is 0 Å². The Labute approximate surface area is 109 Å². The summed E-state index contributed by atoms with van der Waals surface area (Å²) < 4.78 is 5.27. The summed E-state index contributed by atoms with van der Waals surface area (Å²) >= 11 is 0. The molecule has 0 heterocycles. The number of ether oxygens (including phenoxy) is 1. The van der Waals surface area contributed by atoms with Crippen LogP contribution in [0.5, 0.6) is 5.75 Å². The van der Waals surface area contributed by atoms with E-state index in [1.54, 1.807) is 7.11 Å². The lowest BCUT2D eigenvalue weighted by Gasteiger charge is -2.10. The van der Waals surface area contributed by atoms with Crippen molar-refractivity contribution < 1.29 is 4.74 Å². The molecule has 0 aliphatic rings. The molecule has 0 aliphatic heterocycles. The second kappa shape index (κ2) is 5.69. The number of benzene rings is 2. The van der Waals surface area contributed by atoms with Gasteiger partial charge in [0.15, 0.2) is 0 Å². The molecule has 2 aromatic rings. The van der Waals surface area contributed by atoms with Gasteiger partial charge in [-0.2, -0.15) is 0 Å². The molecule has 2 rings (SSSR count). The second-order valence-corrected chi connectivity index (χ2v) is 4.41. The molecule has 0 unspecified atom stereocenters. The number of methoxy groups -OCH3 is 1. The summed E-state index contributed by atoms with van der Waals surface area (Å²) in [6, 6.07) is 14.7. The zero-order valence-electron chi connectivity index (χ0n) is 11.2. The molecule has 0 saturated heterocycles. The molecule has 0 amide bonds. The molecule has 0 bridgehead atoms. The van der Waals surface area contributed by atoms with Crippen LogP contribution in [0, 0.1) is 6.92 Å². The highest BCUT2D eigenvalue weighted by Crippen LogP contribution is 2.27. The Morgan fingerprint density at radius 1 is 1.11 bits per heavy atom. The first-order valence-corrected chi connectivity index (χ1v) is 6.13. The molecule has 94 valence electrons. The lowest BCUT2D eigenvalue weighted by atomic mass is 9.98. The van der Waals surface area contributed by atoms with E-state index >= 15 is 0 Å². The van der Waals surface area contributed by atoms with Crippen LogP contribution >= 0.6 is 0 Å². The maximum atomic E-state index is 5.27. The van der Waals surface area contributed by atoms with Gasteiger partial charge in [-0.25, -0.2) is 0 Å². The fraction of sp³-hybridized carbons (Fsp3) is 0.250. The molecule has 2 aromatic carbocycles. The molecular weight excluding hydrogens is 222 g/mol. The van der Waals surface area contributed by atoms with Crippen molar-refractivity contribution in [2.75, 3.05) is 14.2 Å². The van der Waals surface area contributed by atoms with Gasteiger partial charge in [0, 0.05) is 6.54 Å². The molecule has 2 nitrogen and oxygen atoms in total. The minimum absolute atomic E-state index is 0.895. The van der Waals surface area contributed by atoms with Crippen molar-refractivity contribution in [1.29, 1.82) is 0 Å². The molecule has 1 N–H and O–H groups in total. The Bertz CT molecular complexity index is 534. The smallest absolute Gasteiger partial charge is 0.119 e. The fourth-order valence-corrected chi connectivity index (χ4v) is 2.15. The van der Waals surface area contributed by atoms with Gasteiger partial charge in [-0.15, -0.1) is 0 Å². The highest BCUT2D eigenvalue weighted by Gasteiger charge is 2.04. The maximum absolute atomic E-state index is 5.27. The van der Waals surface area contributed by atoms with Crippen LogP contribution < -0.4 is 10.1 Å². The lowest BCUT2D eigenvalue weighted by Crippen LogP contribution is -2.05. The number of nitrogens with one attached hydrogen (secondary N) is 1. The van der Waals surface area contributed by atoms with E-state index in [1.165, 1.54) is 22.3 Å². The average molecular weight is 241 g/mol. The molecule has 0 aromatic heterocycles. The number of aryl methyl sites for hydroxylation is 1. The first-order valence-electron chi connectivity index (χ1n) is 6.13. The van der Waals surface area contributed by atoms with Gasteiger partial charge < -0.3 is 10.1 Å². The Balaban J connectivity index is 2.38. The predicted octanol–water partition coefficient (Wildman–Crippen LogP) is 3.39. The van der Waals surface area contributed by atoms with Gasteiger partial charge in [-0.3, -0.25) is 0 Å². The Morgan fingerprint density at radius 2 is 1.94 bits per heavy atom. The van der Waals surface area contributed by atoms with E-state index < -0.39 is 0 Å². The molecule has 0 aliphatic carbocycles. The van der Waals surface area contributed by atoms with Crippen LogP contribution in [-0.4, -0.2) is 14.2 Å². The normalized spacial score (nSPS) is 10.4. The van der Waals surface area contributed by atoms with Crippen LogP contribution in [0.15, 0.2) is 42.5 Å². The Hall–Kier alpha value is -1.80. The predicted molar refractivity (Wildman–Crippen MR) is 75.9 cm³/mol. The van der Waals surface area contributed by atoms with Crippen LogP contribution in [0.25, 0.3) is 11.1 Å². The van der Waals surface area contributed by atoms with Crippen molar-refractivity contribution >= 4 is 0 Å². The summed E-state index contributed by atoms with van der Waals surface area (Å²) in [5, 5.41) is 3.17. The summed E-state index contributed by atoms with van der Waals surface area (Å²) in [6.45, 7) is 3.05. The highest BCUT2D eigenvalue weighted by atomic mass is 16.5. The topological polar surface area (TPSA) is 21.3 Å². The first-order chi connectivity index (χ1) is 8.74. The van der Waals surface area contributed by atoms with Gasteiger partial charge in [-0.05, 0) is 48.4 Å². The highest BCUT2D eigenvalue weighted by molar-refractivity contribution is 5.68. The summed E-state index contributed by atoms with van der Waals surface area (Å²) in [6.07, 6.45) is 0. The van der Waals surface area contributed by atoms with E-state index in [1.807, 2.05) is 19.2 Å². The molecular formula is C16H19NO. The summed E-state index contributed by atoms with van der Waals surface area (Å²) in [7, 11) is 3.66. The fourth-order valence-electron chi connectivity index (χ4n) is 2.15. The van der Waals surface area contributed by atoms with E-state index in [-0.39, 0.29) is 0 Å². The summed E-state index contributed by atoms with van der Waals surface area (Å²) in [5.74, 6) is 0.895.